The minimum absolute atomic E-state index is 0.00468. The van der Waals surface area contributed by atoms with Crippen LogP contribution in [0.25, 0.3) is 0 Å². The molecule has 1 saturated carbocycles. The Morgan fingerprint density at radius 1 is 0.930 bits per heavy atom. The molecule has 16 heteroatoms. The number of anilines is 2. The van der Waals surface area contributed by atoms with Crippen LogP contribution in [-0.2, 0) is 22.4 Å². The molecule has 222 valence electrons. The number of rotatable bonds is 9. The summed E-state index contributed by atoms with van der Waals surface area (Å²) in [7, 11) is 0. The van der Waals surface area contributed by atoms with Crippen LogP contribution in [0.2, 0.25) is 0 Å². The number of hydrogen-bond donors (Lipinski definition) is 2. The van der Waals surface area contributed by atoms with E-state index in [4.69, 9.17) is 5.26 Å². The Labute approximate surface area is 251 Å². The summed E-state index contributed by atoms with van der Waals surface area (Å²) in [5.74, 6) is -0.933. The molecule has 43 heavy (non-hydrogen) atoms. The number of hydrogen-bond acceptors (Lipinski definition) is 11. The molecule has 2 unspecified atom stereocenters. The molecule has 0 saturated heterocycles. The first-order valence-corrected chi connectivity index (χ1v) is 14.7. The Morgan fingerprint density at radius 2 is 1.56 bits per heavy atom. The quantitative estimate of drug-likeness (QED) is 0.249. The van der Waals surface area contributed by atoms with Gasteiger partial charge in [0.15, 0.2) is 0 Å². The monoisotopic (exact) mass is 628 g/mol. The number of benzene rings is 1. The van der Waals surface area contributed by atoms with Gasteiger partial charge in [-0.3, -0.25) is 9.59 Å². The van der Waals surface area contributed by atoms with Crippen molar-refractivity contribution in [1.82, 2.24) is 25.4 Å². The number of nitriles is 1. The molecular formula is C27H23F3N8O3S2. The molecule has 2 atom stereocenters. The van der Waals surface area contributed by atoms with E-state index in [1.54, 1.807) is 18.2 Å². The highest BCUT2D eigenvalue weighted by Gasteiger charge is 2.31. The summed E-state index contributed by atoms with van der Waals surface area (Å²) in [5.41, 5.74) is 1.08. The number of nitrogens with zero attached hydrogens (tertiary/aromatic N) is 6. The number of alkyl halides is 3. The normalized spacial score (nSPS) is 16.7. The molecule has 4 aromatic rings. The molecule has 3 heterocycles. The average molecular weight is 629 g/mol. The van der Waals surface area contributed by atoms with Crippen LogP contribution in [0.1, 0.15) is 64.5 Å². The lowest BCUT2D eigenvalue weighted by Crippen LogP contribution is -2.17. The van der Waals surface area contributed by atoms with E-state index in [0.717, 1.165) is 41.8 Å². The number of pyridine rings is 1. The Hall–Kier alpha value is -4.49. The van der Waals surface area contributed by atoms with Gasteiger partial charge in [0.25, 0.3) is 0 Å². The van der Waals surface area contributed by atoms with Gasteiger partial charge in [-0.15, -0.1) is 33.6 Å². The van der Waals surface area contributed by atoms with Crippen LogP contribution in [0.4, 0.5) is 23.4 Å². The minimum Gasteiger partial charge on any atom is -0.406 e. The molecule has 1 aromatic carbocycles. The van der Waals surface area contributed by atoms with E-state index in [1.165, 1.54) is 40.9 Å². The van der Waals surface area contributed by atoms with Gasteiger partial charge in [-0.05, 0) is 49.1 Å². The molecule has 1 aliphatic carbocycles. The van der Waals surface area contributed by atoms with Crippen LogP contribution < -0.4 is 15.4 Å². The van der Waals surface area contributed by atoms with Gasteiger partial charge < -0.3 is 15.4 Å². The van der Waals surface area contributed by atoms with Crippen molar-refractivity contribution in [1.29, 1.82) is 5.26 Å². The molecule has 0 radical (unpaired) electrons. The highest BCUT2D eigenvalue weighted by atomic mass is 32.1. The topological polar surface area (TPSA) is 156 Å². The van der Waals surface area contributed by atoms with Crippen molar-refractivity contribution in [3.63, 3.8) is 0 Å². The predicted molar refractivity (Wildman–Crippen MR) is 151 cm³/mol. The number of amides is 2. The fourth-order valence-corrected chi connectivity index (χ4v) is 6.52. The number of nitrogens with one attached hydrogen (secondary N) is 2. The zero-order valence-electron chi connectivity index (χ0n) is 22.3. The summed E-state index contributed by atoms with van der Waals surface area (Å²) in [6.07, 6.45) is -1.50. The zero-order chi connectivity index (χ0) is 30.4. The van der Waals surface area contributed by atoms with Gasteiger partial charge in [-0.1, -0.05) is 47.3 Å². The predicted octanol–water partition coefficient (Wildman–Crippen LogP) is 5.36. The summed E-state index contributed by atoms with van der Waals surface area (Å²) >= 11 is 2.57. The lowest BCUT2D eigenvalue weighted by molar-refractivity contribution is -0.274. The molecule has 11 nitrogen and oxygen atoms in total. The van der Waals surface area contributed by atoms with Gasteiger partial charge in [0, 0.05) is 11.8 Å². The SMILES string of the molecule is N#Cc1cccc(CC(=O)Nc2nnc(C3CCCC(c4nnc(NC(=O)Cc5cccc(OC(F)(F)F)c5)s4)C3)s2)n1. The molecule has 5 rings (SSSR count). The third-order valence-electron chi connectivity index (χ3n) is 6.51. The molecule has 3 aromatic heterocycles. The second-order valence-corrected chi connectivity index (χ2v) is 11.7. The van der Waals surface area contributed by atoms with Gasteiger partial charge in [0.2, 0.25) is 22.1 Å². The maximum atomic E-state index is 12.5. The van der Waals surface area contributed by atoms with Crippen LogP contribution in [-0.4, -0.2) is 43.6 Å². The zero-order valence-corrected chi connectivity index (χ0v) is 23.9. The number of carbonyl (C=O) groups excluding carboxylic acids is 2. The molecule has 0 spiro atoms. The lowest BCUT2D eigenvalue weighted by Gasteiger charge is -2.25. The number of halogens is 3. The van der Waals surface area contributed by atoms with Gasteiger partial charge in [-0.2, -0.15) is 5.26 Å². The molecule has 2 N–H and O–H groups in total. The van der Waals surface area contributed by atoms with E-state index in [9.17, 15) is 22.8 Å². The fraction of sp³-hybridized carbons (Fsp3) is 0.333. The number of carbonyl (C=O) groups is 2. The van der Waals surface area contributed by atoms with Crippen LogP contribution in [0.5, 0.6) is 5.75 Å². The molecular weight excluding hydrogens is 605 g/mol. The molecule has 1 fully saturated rings. The second kappa shape index (κ2) is 13.2. The van der Waals surface area contributed by atoms with E-state index >= 15 is 0 Å². The van der Waals surface area contributed by atoms with E-state index in [-0.39, 0.29) is 36.3 Å². The smallest absolute Gasteiger partial charge is 0.406 e. The Kier molecular flexibility index (Phi) is 9.22. The largest absolute Gasteiger partial charge is 0.573 e. The molecule has 0 aliphatic heterocycles. The van der Waals surface area contributed by atoms with Crippen LogP contribution in [0.3, 0.4) is 0 Å². The maximum absolute atomic E-state index is 12.5. The van der Waals surface area contributed by atoms with Crippen LogP contribution in [0.15, 0.2) is 42.5 Å². The highest BCUT2D eigenvalue weighted by molar-refractivity contribution is 7.15. The van der Waals surface area contributed by atoms with Crippen molar-refractivity contribution in [3.8, 4) is 11.8 Å². The maximum Gasteiger partial charge on any atom is 0.573 e. The van der Waals surface area contributed by atoms with Crippen molar-refractivity contribution >= 4 is 44.8 Å². The van der Waals surface area contributed by atoms with Gasteiger partial charge >= 0.3 is 6.36 Å². The van der Waals surface area contributed by atoms with Crippen molar-refractivity contribution in [2.75, 3.05) is 10.6 Å². The first kappa shape index (κ1) is 30.0. The Balaban J connectivity index is 1.14. The first-order chi connectivity index (χ1) is 20.6. The van der Waals surface area contributed by atoms with Crippen molar-refractivity contribution in [2.45, 2.75) is 56.7 Å². The highest BCUT2D eigenvalue weighted by Crippen LogP contribution is 2.43. The summed E-state index contributed by atoms with van der Waals surface area (Å²) in [4.78, 5) is 29.1. The first-order valence-electron chi connectivity index (χ1n) is 13.1. The van der Waals surface area contributed by atoms with E-state index in [2.05, 4.69) is 40.7 Å². The third-order valence-corrected chi connectivity index (χ3v) is 8.51. The average Bonchev–Trinajstić information content (AvgIpc) is 3.62. The second-order valence-electron chi connectivity index (χ2n) is 9.72. The Morgan fingerprint density at radius 3 is 2.19 bits per heavy atom. The van der Waals surface area contributed by atoms with Crippen molar-refractivity contribution in [3.05, 3.63) is 69.4 Å². The number of aromatic nitrogens is 5. The summed E-state index contributed by atoms with van der Waals surface area (Å²) < 4.78 is 41.4. The van der Waals surface area contributed by atoms with E-state index in [1.807, 2.05) is 6.07 Å². The standard InChI is InChI=1S/C27H23F3N8O3S2/c28-27(29,30)41-20-9-1-4-15(10-20)11-21(39)33-25-37-35-23(42-25)16-5-2-6-17(12-16)24-36-38-26(43-24)34-22(40)13-18-7-3-8-19(14-31)32-18/h1,3-4,7-10,16-17H,2,5-6,11-13H2,(H,33,37,39)(H,34,38,40). The fourth-order valence-electron chi connectivity index (χ4n) is 4.71. The Bertz CT molecular complexity index is 1650. The number of ether oxygens (including phenoxy) is 1. The minimum atomic E-state index is -4.82. The summed E-state index contributed by atoms with van der Waals surface area (Å²) in [5, 5.41) is 33.4. The summed E-state index contributed by atoms with van der Waals surface area (Å²) in [6, 6.07) is 12.1. The van der Waals surface area contributed by atoms with E-state index in [0.29, 0.717) is 21.5 Å². The van der Waals surface area contributed by atoms with Crippen LogP contribution >= 0.6 is 22.7 Å². The van der Waals surface area contributed by atoms with Crippen LogP contribution in [0, 0.1) is 11.3 Å². The van der Waals surface area contributed by atoms with Crippen molar-refractivity contribution in [2.24, 2.45) is 0 Å². The molecule has 2 amide bonds. The van der Waals surface area contributed by atoms with Gasteiger partial charge in [0.1, 0.15) is 27.5 Å². The van der Waals surface area contributed by atoms with Gasteiger partial charge in [0.05, 0.1) is 18.5 Å². The third kappa shape index (κ3) is 8.52. The lowest BCUT2D eigenvalue weighted by atomic mass is 9.82. The molecule has 1 aliphatic rings. The van der Waals surface area contributed by atoms with Crippen molar-refractivity contribution < 1.29 is 27.5 Å². The van der Waals surface area contributed by atoms with E-state index < -0.39 is 18.0 Å². The summed E-state index contributed by atoms with van der Waals surface area (Å²) in [6.45, 7) is 0. The van der Waals surface area contributed by atoms with Gasteiger partial charge in [-0.25, -0.2) is 4.98 Å². The molecule has 0 bridgehead atoms.